The SMILES string of the molecule is CNC(=O)[C@H]1CN(C)CCN(C(=O)c2ccc3c(c2)CCC3)C1. The van der Waals surface area contributed by atoms with Crippen molar-refractivity contribution in [3.8, 4) is 0 Å². The van der Waals surface area contributed by atoms with Gasteiger partial charge in [0.25, 0.3) is 5.91 Å². The molecule has 0 unspecified atom stereocenters. The smallest absolute Gasteiger partial charge is 0.253 e. The molecule has 0 aromatic heterocycles. The molecule has 124 valence electrons. The van der Waals surface area contributed by atoms with Crippen molar-refractivity contribution in [2.75, 3.05) is 40.3 Å². The summed E-state index contributed by atoms with van der Waals surface area (Å²) in [5, 5.41) is 2.71. The van der Waals surface area contributed by atoms with Gasteiger partial charge in [-0.15, -0.1) is 0 Å². The maximum atomic E-state index is 12.9. The molecule has 0 bridgehead atoms. The van der Waals surface area contributed by atoms with Gasteiger partial charge in [-0.3, -0.25) is 9.59 Å². The van der Waals surface area contributed by atoms with E-state index >= 15 is 0 Å². The van der Waals surface area contributed by atoms with Crippen molar-refractivity contribution < 1.29 is 9.59 Å². The Morgan fingerprint density at radius 1 is 1.13 bits per heavy atom. The maximum Gasteiger partial charge on any atom is 0.253 e. The minimum atomic E-state index is -0.175. The summed E-state index contributed by atoms with van der Waals surface area (Å²) in [5.41, 5.74) is 3.44. The lowest BCUT2D eigenvalue weighted by Gasteiger charge is -2.23. The first-order valence-electron chi connectivity index (χ1n) is 8.39. The summed E-state index contributed by atoms with van der Waals surface area (Å²) in [7, 11) is 3.65. The van der Waals surface area contributed by atoms with Crippen LogP contribution in [0, 0.1) is 5.92 Å². The number of aryl methyl sites for hydroxylation is 2. The summed E-state index contributed by atoms with van der Waals surface area (Å²) in [6.07, 6.45) is 3.37. The molecule has 1 heterocycles. The van der Waals surface area contributed by atoms with Crippen molar-refractivity contribution in [3.05, 3.63) is 34.9 Å². The Hall–Kier alpha value is -1.88. The quantitative estimate of drug-likeness (QED) is 0.883. The molecule has 1 saturated heterocycles. The maximum absolute atomic E-state index is 12.9. The summed E-state index contributed by atoms with van der Waals surface area (Å²) < 4.78 is 0. The van der Waals surface area contributed by atoms with Crippen LogP contribution in [-0.4, -0.2) is 61.9 Å². The standard InChI is InChI=1S/C18H25N3O2/c1-19-17(22)16-11-20(2)8-9-21(12-16)18(23)15-7-6-13-4-3-5-14(13)10-15/h6-7,10,16H,3-5,8-9,11-12H2,1-2H3,(H,19,22)/t16-/m0/s1. The zero-order chi connectivity index (χ0) is 16.4. The van der Waals surface area contributed by atoms with Crippen LogP contribution in [0.1, 0.15) is 27.9 Å². The van der Waals surface area contributed by atoms with Crippen molar-refractivity contribution >= 4 is 11.8 Å². The third kappa shape index (κ3) is 3.39. The second-order valence-electron chi connectivity index (χ2n) is 6.66. The largest absolute Gasteiger partial charge is 0.359 e. The number of amides is 2. The summed E-state index contributed by atoms with van der Waals surface area (Å²) in [5.74, 6) is -0.125. The number of nitrogens with one attached hydrogen (secondary N) is 1. The first-order chi connectivity index (χ1) is 11.1. The third-order valence-electron chi connectivity index (χ3n) is 4.97. The van der Waals surface area contributed by atoms with Gasteiger partial charge in [0, 0.05) is 38.8 Å². The average molecular weight is 315 g/mol. The van der Waals surface area contributed by atoms with Gasteiger partial charge in [0.15, 0.2) is 0 Å². The van der Waals surface area contributed by atoms with Crippen LogP contribution >= 0.6 is 0 Å². The van der Waals surface area contributed by atoms with Crippen LogP contribution in [0.25, 0.3) is 0 Å². The predicted molar refractivity (Wildman–Crippen MR) is 89.4 cm³/mol. The molecule has 2 aliphatic rings. The number of hydrogen-bond donors (Lipinski definition) is 1. The molecule has 5 nitrogen and oxygen atoms in total. The minimum absolute atomic E-state index is 0.00510. The molecular weight excluding hydrogens is 290 g/mol. The van der Waals surface area contributed by atoms with Crippen molar-refractivity contribution in [3.63, 3.8) is 0 Å². The fourth-order valence-corrected chi connectivity index (χ4v) is 3.62. The van der Waals surface area contributed by atoms with E-state index < -0.39 is 0 Å². The second kappa shape index (κ2) is 6.71. The Kier molecular flexibility index (Phi) is 4.66. The highest BCUT2D eigenvalue weighted by molar-refractivity contribution is 5.95. The fraction of sp³-hybridized carbons (Fsp3) is 0.556. The molecule has 23 heavy (non-hydrogen) atoms. The van der Waals surface area contributed by atoms with Gasteiger partial charge < -0.3 is 15.1 Å². The van der Waals surface area contributed by atoms with E-state index in [0.29, 0.717) is 19.6 Å². The second-order valence-corrected chi connectivity index (χ2v) is 6.66. The Bertz CT molecular complexity index is 614. The monoisotopic (exact) mass is 315 g/mol. The Balaban J connectivity index is 1.78. The molecule has 0 saturated carbocycles. The zero-order valence-corrected chi connectivity index (χ0v) is 14.0. The fourth-order valence-electron chi connectivity index (χ4n) is 3.62. The first kappa shape index (κ1) is 16.0. The third-order valence-corrected chi connectivity index (χ3v) is 4.97. The predicted octanol–water partition coefficient (Wildman–Crippen LogP) is 0.925. The molecule has 0 spiro atoms. The van der Waals surface area contributed by atoms with E-state index in [0.717, 1.165) is 24.9 Å². The molecule has 0 radical (unpaired) electrons. The molecule has 1 aliphatic heterocycles. The van der Waals surface area contributed by atoms with Crippen LogP contribution in [0.15, 0.2) is 18.2 Å². The van der Waals surface area contributed by atoms with Crippen LogP contribution in [0.3, 0.4) is 0 Å². The molecule has 1 aromatic carbocycles. The summed E-state index contributed by atoms with van der Waals surface area (Å²) >= 11 is 0. The van der Waals surface area contributed by atoms with Crippen molar-refractivity contribution in [1.29, 1.82) is 0 Å². The van der Waals surface area contributed by atoms with Crippen molar-refractivity contribution in [2.24, 2.45) is 5.92 Å². The molecule has 3 rings (SSSR count). The van der Waals surface area contributed by atoms with Gasteiger partial charge in [0.05, 0.1) is 5.92 Å². The van der Waals surface area contributed by atoms with E-state index in [1.807, 2.05) is 24.1 Å². The van der Waals surface area contributed by atoms with E-state index in [9.17, 15) is 9.59 Å². The first-order valence-corrected chi connectivity index (χ1v) is 8.39. The number of rotatable bonds is 2. The van der Waals surface area contributed by atoms with Gasteiger partial charge in [-0.1, -0.05) is 6.07 Å². The molecular formula is C18H25N3O2. The zero-order valence-electron chi connectivity index (χ0n) is 14.0. The minimum Gasteiger partial charge on any atom is -0.359 e. The van der Waals surface area contributed by atoms with Crippen LogP contribution < -0.4 is 5.32 Å². The van der Waals surface area contributed by atoms with E-state index in [1.54, 1.807) is 7.05 Å². The highest BCUT2D eigenvalue weighted by Gasteiger charge is 2.29. The van der Waals surface area contributed by atoms with Gasteiger partial charge >= 0.3 is 0 Å². The molecule has 1 aromatic rings. The topological polar surface area (TPSA) is 52.7 Å². The number of hydrogen-bond acceptors (Lipinski definition) is 3. The van der Waals surface area contributed by atoms with Crippen LogP contribution in [0.5, 0.6) is 0 Å². The lowest BCUT2D eigenvalue weighted by molar-refractivity contribution is -0.125. The molecule has 5 heteroatoms. The van der Waals surface area contributed by atoms with E-state index in [2.05, 4.69) is 16.3 Å². The normalized spacial score (nSPS) is 21.7. The van der Waals surface area contributed by atoms with Crippen molar-refractivity contribution in [2.45, 2.75) is 19.3 Å². The molecule has 1 aliphatic carbocycles. The number of carbonyl (C=O) groups is 2. The lowest BCUT2D eigenvalue weighted by atomic mass is 10.0. The Labute approximate surface area is 137 Å². The Morgan fingerprint density at radius 3 is 2.70 bits per heavy atom. The Morgan fingerprint density at radius 2 is 1.91 bits per heavy atom. The van der Waals surface area contributed by atoms with Crippen LogP contribution in [0.4, 0.5) is 0 Å². The summed E-state index contributed by atoms with van der Waals surface area (Å²) in [4.78, 5) is 28.9. The van der Waals surface area contributed by atoms with Gasteiger partial charge in [-0.2, -0.15) is 0 Å². The number of benzene rings is 1. The number of fused-ring (bicyclic) bond motifs is 1. The van der Waals surface area contributed by atoms with Crippen LogP contribution in [0.2, 0.25) is 0 Å². The number of likely N-dealkylation sites (N-methyl/N-ethyl adjacent to an activating group) is 1. The van der Waals surface area contributed by atoms with Crippen molar-refractivity contribution in [1.82, 2.24) is 15.1 Å². The summed E-state index contributed by atoms with van der Waals surface area (Å²) in [6.45, 7) is 2.64. The van der Waals surface area contributed by atoms with E-state index in [4.69, 9.17) is 0 Å². The van der Waals surface area contributed by atoms with Crippen LogP contribution in [-0.2, 0) is 17.6 Å². The highest BCUT2D eigenvalue weighted by atomic mass is 16.2. The molecule has 1 atom stereocenters. The van der Waals surface area contributed by atoms with Gasteiger partial charge in [0.1, 0.15) is 0 Å². The number of carbonyl (C=O) groups excluding carboxylic acids is 2. The molecule has 1 fully saturated rings. The lowest BCUT2D eigenvalue weighted by Crippen LogP contribution is -2.41. The molecule has 2 amide bonds. The van der Waals surface area contributed by atoms with Gasteiger partial charge in [-0.25, -0.2) is 0 Å². The van der Waals surface area contributed by atoms with E-state index in [1.165, 1.54) is 17.5 Å². The van der Waals surface area contributed by atoms with Gasteiger partial charge in [0.2, 0.25) is 5.91 Å². The average Bonchev–Trinajstić information content (AvgIpc) is 2.94. The highest BCUT2D eigenvalue weighted by Crippen LogP contribution is 2.24. The number of nitrogens with zero attached hydrogens (tertiary/aromatic N) is 2. The van der Waals surface area contributed by atoms with Gasteiger partial charge in [-0.05, 0) is 49.6 Å². The summed E-state index contributed by atoms with van der Waals surface area (Å²) in [6, 6.07) is 6.08. The molecule has 1 N–H and O–H groups in total. The van der Waals surface area contributed by atoms with E-state index in [-0.39, 0.29) is 17.7 Å².